The number of nitrogens with one attached hydrogen (secondary N) is 4. The van der Waals surface area contributed by atoms with Crippen LogP contribution in [0.5, 0.6) is 0 Å². The molecule has 0 radical (unpaired) electrons. The highest BCUT2D eigenvalue weighted by Crippen LogP contribution is 2.04. The van der Waals surface area contributed by atoms with Gasteiger partial charge in [-0.1, -0.05) is 13.8 Å². The van der Waals surface area contributed by atoms with Gasteiger partial charge in [0.2, 0.25) is 29.5 Å². The molecule has 0 saturated heterocycles. The maximum Gasteiger partial charge on any atom is 0.328 e. The summed E-state index contributed by atoms with van der Waals surface area (Å²) in [6, 6.07) is -7.85. The fourth-order valence-corrected chi connectivity index (χ4v) is 2.92. The van der Waals surface area contributed by atoms with E-state index in [2.05, 4.69) is 16.0 Å². The van der Waals surface area contributed by atoms with Crippen molar-refractivity contribution in [1.29, 1.82) is 0 Å². The van der Waals surface area contributed by atoms with Gasteiger partial charge in [-0.3, -0.25) is 24.0 Å². The number of carbonyl (C=O) groups excluding carboxylic acids is 5. The molecule has 0 spiro atoms. The zero-order chi connectivity index (χ0) is 29.2. The quantitative estimate of drug-likeness (QED) is 0.0949. The molecule has 212 valence electrons. The third-order valence-corrected chi connectivity index (χ3v) is 5.23. The zero-order valence-electron chi connectivity index (χ0n) is 21.3. The lowest BCUT2D eigenvalue weighted by atomic mass is 10.0. The average Bonchev–Trinajstić information content (AvgIpc) is 2.76. The largest absolute Gasteiger partial charge is 0.480 e. The number of aliphatic hydroxyl groups excluding tert-OH is 3. The van der Waals surface area contributed by atoms with E-state index in [1.54, 1.807) is 13.8 Å². The number of aliphatic hydroxyl groups is 3. The predicted molar refractivity (Wildman–Crippen MR) is 127 cm³/mol. The summed E-state index contributed by atoms with van der Waals surface area (Å²) >= 11 is 0. The Balaban J connectivity index is 5.75. The molecule has 0 fully saturated rings. The van der Waals surface area contributed by atoms with Gasteiger partial charge >= 0.3 is 5.97 Å². The molecule has 0 aromatic carbocycles. The van der Waals surface area contributed by atoms with Gasteiger partial charge in [0.25, 0.3) is 0 Å². The summed E-state index contributed by atoms with van der Waals surface area (Å²) in [6.07, 6.45) is -5.34. The van der Waals surface area contributed by atoms with E-state index in [1.165, 1.54) is 6.92 Å². The third kappa shape index (κ3) is 11.1. The van der Waals surface area contributed by atoms with Gasteiger partial charge < -0.3 is 53.2 Å². The summed E-state index contributed by atoms with van der Waals surface area (Å²) in [5.74, 6) is -7.13. The number of carboxylic acid groups (broad SMARTS) is 1. The summed E-state index contributed by atoms with van der Waals surface area (Å²) in [6.45, 7) is 6.69. The Morgan fingerprint density at radius 1 is 0.649 bits per heavy atom. The number of rotatable bonds is 15. The molecule has 5 amide bonds. The number of aliphatic carboxylic acids is 1. The van der Waals surface area contributed by atoms with Crippen LogP contribution in [-0.2, 0) is 28.8 Å². The standard InChI is InChI=1S/C21H38N6O10/c1-7(2)13(23)18(33)26-14(8(3)28)19(34)24-11(6-12(22)31)17(32)25-15(9(4)29)20(35)27-16(10(5)30)21(36)37/h7-11,13-16,28-30H,6,23H2,1-5H3,(H2,22,31)(H,24,34)(H,25,32)(H,26,33)(H,27,35)(H,36,37)/t8-,9-,10-,11+,13+,14+,15+,16+/m1/s1. The number of hydrogen-bond acceptors (Lipinski definition) is 10. The van der Waals surface area contributed by atoms with Crippen molar-refractivity contribution in [2.75, 3.05) is 0 Å². The minimum Gasteiger partial charge on any atom is -0.480 e. The fraction of sp³-hybridized carbons (Fsp3) is 0.714. The minimum atomic E-state index is -1.77. The highest BCUT2D eigenvalue weighted by atomic mass is 16.4. The summed E-state index contributed by atoms with van der Waals surface area (Å²) in [7, 11) is 0. The van der Waals surface area contributed by atoms with Crippen molar-refractivity contribution in [3.05, 3.63) is 0 Å². The SMILES string of the molecule is CC(C)[C@H](N)C(=O)N[C@H](C(=O)N[C@@H](CC(N)=O)C(=O)N[C@H](C(=O)N[C@H](C(=O)O)[C@@H](C)O)[C@@H](C)O)[C@@H](C)O. The molecule has 37 heavy (non-hydrogen) atoms. The van der Waals surface area contributed by atoms with Gasteiger partial charge in [0.15, 0.2) is 6.04 Å². The highest BCUT2D eigenvalue weighted by molar-refractivity contribution is 5.97. The topological polar surface area (TPSA) is 284 Å². The molecule has 0 aromatic heterocycles. The second kappa shape index (κ2) is 15.0. The van der Waals surface area contributed by atoms with E-state index < -0.39 is 90.4 Å². The molecular formula is C21H38N6O10. The lowest BCUT2D eigenvalue weighted by Gasteiger charge is -2.28. The van der Waals surface area contributed by atoms with Crippen LogP contribution in [0, 0.1) is 5.92 Å². The van der Waals surface area contributed by atoms with Crippen LogP contribution in [-0.4, -0.2) is 104 Å². The monoisotopic (exact) mass is 534 g/mol. The van der Waals surface area contributed by atoms with Crippen molar-refractivity contribution < 1.29 is 49.2 Å². The van der Waals surface area contributed by atoms with Crippen LogP contribution < -0.4 is 32.7 Å². The Kier molecular flexibility index (Phi) is 13.7. The van der Waals surface area contributed by atoms with E-state index in [9.17, 15) is 44.1 Å². The van der Waals surface area contributed by atoms with Crippen LogP contribution in [0.4, 0.5) is 0 Å². The maximum absolute atomic E-state index is 12.8. The van der Waals surface area contributed by atoms with Crippen molar-refractivity contribution in [1.82, 2.24) is 21.3 Å². The van der Waals surface area contributed by atoms with Crippen molar-refractivity contribution in [2.45, 2.75) is 89.6 Å². The van der Waals surface area contributed by atoms with Crippen LogP contribution in [0.15, 0.2) is 0 Å². The summed E-state index contributed by atoms with van der Waals surface area (Å²) in [5, 5.41) is 47.1. The average molecular weight is 535 g/mol. The first-order valence-electron chi connectivity index (χ1n) is 11.4. The molecule has 16 heteroatoms. The maximum atomic E-state index is 12.8. The molecule has 0 heterocycles. The van der Waals surface area contributed by atoms with Crippen molar-refractivity contribution >= 4 is 35.5 Å². The molecule has 0 rings (SSSR count). The van der Waals surface area contributed by atoms with E-state index in [4.69, 9.17) is 16.6 Å². The number of hydrogen-bond donors (Lipinski definition) is 10. The van der Waals surface area contributed by atoms with Gasteiger partial charge in [-0.25, -0.2) is 4.79 Å². The molecule has 0 aliphatic rings. The molecule has 0 saturated carbocycles. The Hall–Kier alpha value is -3.34. The van der Waals surface area contributed by atoms with E-state index in [0.29, 0.717) is 0 Å². The zero-order valence-corrected chi connectivity index (χ0v) is 21.3. The van der Waals surface area contributed by atoms with Crippen LogP contribution in [0.1, 0.15) is 41.0 Å². The first-order chi connectivity index (χ1) is 16.9. The van der Waals surface area contributed by atoms with E-state index >= 15 is 0 Å². The van der Waals surface area contributed by atoms with Crippen LogP contribution in [0.25, 0.3) is 0 Å². The number of amides is 5. The molecule has 0 aliphatic heterocycles. The summed E-state index contributed by atoms with van der Waals surface area (Å²) in [5.41, 5.74) is 10.9. The Bertz CT molecular complexity index is 848. The predicted octanol–water partition coefficient (Wildman–Crippen LogP) is -4.99. The van der Waals surface area contributed by atoms with Gasteiger partial charge in [0.05, 0.1) is 30.8 Å². The van der Waals surface area contributed by atoms with Gasteiger partial charge in [-0.2, -0.15) is 0 Å². The minimum absolute atomic E-state index is 0.302. The lowest BCUT2D eigenvalue weighted by Crippen LogP contribution is -2.62. The van der Waals surface area contributed by atoms with Gasteiger partial charge in [0.1, 0.15) is 18.1 Å². The van der Waals surface area contributed by atoms with Gasteiger partial charge in [-0.15, -0.1) is 0 Å². The first-order valence-corrected chi connectivity index (χ1v) is 11.4. The number of primary amides is 1. The highest BCUT2D eigenvalue weighted by Gasteiger charge is 2.36. The fourth-order valence-electron chi connectivity index (χ4n) is 2.92. The first kappa shape index (κ1) is 33.7. The Morgan fingerprint density at radius 3 is 1.38 bits per heavy atom. The number of nitrogens with two attached hydrogens (primary N) is 2. The molecule has 8 atom stereocenters. The second-order valence-corrected chi connectivity index (χ2v) is 9.02. The van der Waals surface area contributed by atoms with Crippen LogP contribution in [0.2, 0.25) is 0 Å². The number of carbonyl (C=O) groups is 6. The van der Waals surface area contributed by atoms with Crippen molar-refractivity contribution in [2.24, 2.45) is 17.4 Å². The van der Waals surface area contributed by atoms with Crippen LogP contribution >= 0.6 is 0 Å². The van der Waals surface area contributed by atoms with E-state index in [1.807, 2.05) is 5.32 Å². The summed E-state index contributed by atoms with van der Waals surface area (Å²) in [4.78, 5) is 73.2. The molecule has 0 aliphatic carbocycles. The second-order valence-electron chi connectivity index (χ2n) is 9.02. The molecule has 0 aromatic rings. The van der Waals surface area contributed by atoms with Gasteiger partial charge in [0, 0.05) is 0 Å². The van der Waals surface area contributed by atoms with Crippen molar-refractivity contribution in [3.63, 3.8) is 0 Å². The molecule has 0 unspecified atom stereocenters. The Labute approximate surface area is 213 Å². The molecule has 0 bridgehead atoms. The van der Waals surface area contributed by atoms with Gasteiger partial charge in [-0.05, 0) is 26.7 Å². The molecule has 16 nitrogen and oxygen atoms in total. The normalized spacial score (nSPS) is 17.7. The summed E-state index contributed by atoms with van der Waals surface area (Å²) < 4.78 is 0. The lowest BCUT2D eigenvalue weighted by molar-refractivity contribution is -0.146. The number of carboxylic acids is 1. The molecule has 12 N–H and O–H groups in total. The smallest absolute Gasteiger partial charge is 0.328 e. The third-order valence-electron chi connectivity index (χ3n) is 5.23. The molecular weight excluding hydrogens is 496 g/mol. The van der Waals surface area contributed by atoms with E-state index in [-0.39, 0.29) is 5.92 Å². The van der Waals surface area contributed by atoms with Crippen molar-refractivity contribution in [3.8, 4) is 0 Å². The van der Waals surface area contributed by atoms with Crippen LogP contribution in [0.3, 0.4) is 0 Å². The Morgan fingerprint density at radius 2 is 1.03 bits per heavy atom. The van der Waals surface area contributed by atoms with E-state index in [0.717, 1.165) is 13.8 Å².